The number of nitrogens with one attached hydrogen (secondary N) is 1. The van der Waals surface area contributed by atoms with Crippen LogP contribution in [-0.2, 0) is 4.79 Å². The first-order valence-corrected chi connectivity index (χ1v) is 3.74. The summed E-state index contributed by atoms with van der Waals surface area (Å²) >= 11 is 0. The Bertz CT molecular complexity index is 128. The molecule has 0 saturated heterocycles. The van der Waals surface area contributed by atoms with Crippen LogP contribution in [0.4, 0.5) is 0 Å². The molecule has 0 heterocycles. The number of amides is 1. The summed E-state index contributed by atoms with van der Waals surface area (Å²) < 4.78 is 0. The molecule has 2 unspecified atom stereocenters. The Hall–Kier alpha value is -0.610. The van der Waals surface area contributed by atoms with Crippen LogP contribution in [0, 0.1) is 0 Å². The van der Waals surface area contributed by atoms with Gasteiger partial charge in [-0.25, -0.2) is 0 Å². The molecule has 4 N–H and O–H groups in total. The van der Waals surface area contributed by atoms with Crippen molar-refractivity contribution in [2.75, 3.05) is 6.61 Å². The van der Waals surface area contributed by atoms with Gasteiger partial charge in [0.05, 0.1) is 6.04 Å². The van der Waals surface area contributed by atoms with E-state index in [4.69, 9.17) is 10.8 Å². The number of nitrogens with two attached hydrogens (primary N) is 1. The van der Waals surface area contributed by atoms with E-state index in [9.17, 15) is 4.79 Å². The molecule has 11 heavy (non-hydrogen) atoms. The zero-order valence-electron chi connectivity index (χ0n) is 7.00. The van der Waals surface area contributed by atoms with Gasteiger partial charge in [0.2, 0.25) is 5.91 Å². The van der Waals surface area contributed by atoms with Gasteiger partial charge in [0.15, 0.2) is 0 Å². The number of carbonyl (C=O) groups is 1. The normalized spacial score (nSPS) is 15.9. The highest BCUT2D eigenvalue weighted by Crippen LogP contribution is 1.91. The van der Waals surface area contributed by atoms with E-state index in [2.05, 4.69) is 5.32 Å². The van der Waals surface area contributed by atoms with Gasteiger partial charge in [-0.15, -0.1) is 0 Å². The maximum absolute atomic E-state index is 10.5. The summed E-state index contributed by atoms with van der Waals surface area (Å²) in [4.78, 5) is 10.5. The molecule has 0 aliphatic heterocycles. The van der Waals surface area contributed by atoms with Crippen LogP contribution < -0.4 is 11.1 Å². The zero-order chi connectivity index (χ0) is 8.85. The molecule has 0 aromatic rings. The summed E-state index contributed by atoms with van der Waals surface area (Å²) in [6, 6.07) is -0.195. The van der Waals surface area contributed by atoms with Gasteiger partial charge >= 0.3 is 0 Å². The Morgan fingerprint density at radius 1 is 1.64 bits per heavy atom. The van der Waals surface area contributed by atoms with E-state index < -0.39 is 0 Å². The molecule has 0 aromatic carbocycles. The lowest BCUT2D eigenvalue weighted by Crippen LogP contribution is -2.43. The lowest BCUT2D eigenvalue weighted by atomic mass is 10.2. The third-order valence-corrected chi connectivity index (χ3v) is 1.52. The molecule has 0 radical (unpaired) electrons. The quantitative estimate of drug-likeness (QED) is 0.494. The number of hydrogen-bond acceptors (Lipinski definition) is 3. The van der Waals surface area contributed by atoms with Crippen LogP contribution in [0.1, 0.15) is 20.3 Å². The summed E-state index contributed by atoms with van der Waals surface area (Å²) in [5.74, 6) is -0.366. The molecular weight excluding hydrogens is 144 g/mol. The van der Waals surface area contributed by atoms with E-state index in [1.165, 1.54) is 0 Å². The maximum atomic E-state index is 10.5. The van der Waals surface area contributed by atoms with Crippen molar-refractivity contribution in [3.63, 3.8) is 0 Å². The average Bonchev–Trinajstić information content (AvgIpc) is 1.87. The van der Waals surface area contributed by atoms with E-state index in [0.29, 0.717) is 6.42 Å². The predicted molar refractivity (Wildman–Crippen MR) is 43.0 cm³/mol. The summed E-state index contributed by atoms with van der Waals surface area (Å²) in [7, 11) is 0. The van der Waals surface area contributed by atoms with Gasteiger partial charge in [0.25, 0.3) is 0 Å². The van der Waals surface area contributed by atoms with Crippen molar-refractivity contribution in [1.82, 2.24) is 5.32 Å². The second-order valence-electron chi connectivity index (χ2n) is 2.70. The van der Waals surface area contributed by atoms with Gasteiger partial charge in [-0.3, -0.25) is 4.79 Å². The van der Waals surface area contributed by atoms with Crippen molar-refractivity contribution in [1.29, 1.82) is 0 Å². The molecule has 2 atom stereocenters. The van der Waals surface area contributed by atoms with Crippen molar-refractivity contribution in [3.8, 4) is 0 Å². The Morgan fingerprint density at radius 3 is 2.55 bits per heavy atom. The van der Waals surface area contributed by atoms with E-state index in [-0.39, 0.29) is 24.6 Å². The topological polar surface area (TPSA) is 75.3 Å². The molecule has 0 fully saturated rings. The predicted octanol–water partition coefficient (Wildman–Crippen LogP) is -0.779. The van der Waals surface area contributed by atoms with Crippen molar-refractivity contribution in [2.45, 2.75) is 32.4 Å². The Morgan fingerprint density at radius 2 is 2.18 bits per heavy atom. The molecular formula is C7H16N2O2. The summed E-state index contributed by atoms with van der Waals surface area (Å²) in [6.45, 7) is 3.73. The van der Waals surface area contributed by atoms with Gasteiger partial charge in [-0.2, -0.15) is 0 Å². The largest absolute Gasteiger partial charge is 0.396 e. The fraction of sp³-hybridized carbons (Fsp3) is 0.857. The minimum Gasteiger partial charge on any atom is -0.396 e. The van der Waals surface area contributed by atoms with Crippen LogP contribution in [0.25, 0.3) is 0 Å². The van der Waals surface area contributed by atoms with Gasteiger partial charge in [-0.05, 0) is 20.3 Å². The third kappa shape index (κ3) is 4.75. The molecule has 0 rings (SSSR count). The first-order chi connectivity index (χ1) is 5.07. The fourth-order valence-electron chi connectivity index (χ4n) is 0.786. The molecule has 0 bridgehead atoms. The van der Waals surface area contributed by atoms with E-state index in [1.807, 2.05) is 6.92 Å². The van der Waals surface area contributed by atoms with Gasteiger partial charge in [0.1, 0.15) is 0 Å². The van der Waals surface area contributed by atoms with Crippen LogP contribution in [0.5, 0.6) is 0 Å². The Balaban J connectivity index is 3.56. The molecule has 0 saturated carbocycles. The number of carbonyl (C=O) groups excluding carboxylic acids is 1. The molecule has 4 nitrogen and oxygen atoms in total. The van der Waals surface area contributed by atoms with Gasteiger partial charge < -0.3 is 16.2 Å². The number of aliphatic hydroxyl groups excluding tert-OH is 1. The van der Waals surface area contributed by atoms with Crippen molar-refractivity contribution in [3.05, 3.63) is 0 Å². The van der Waals surface area contributed by atoms with Crippen molar-refractivity contribution in [2.24, 2.45) is 5.73 Å². The highest BCUT2D eigenvalue weighted by Gasteiger charge is 2.10. The average molecular weight is 160 g/mol. The van der Waals surface area contributed by atoms with Crippen LogP contribution in [-0.4, -0.2) is 29.7 Å². The van der Waals surface area contributed by atoms with Gasteiger partial charge in [-0.1, -0.05) is 0 Å². The second-order valence-corrected chi connectivity index (χ2v) is 2.70. The van der Waals surface area contributed by atoms with Crippen LogP contribution in [0.15, 0.2) is 0 Å². The van der Waals surface area contributed by atoms with Crippen molar-refractivity contribution < 1.29 is 9.90 Å². The number of aliphatic hydroxyl groups is 1. The summed E-state index contributed by atoms with van der Waals surface area (Å²) in [6.07, 6.45) is 0.637. The smallest absolute Gasteiger partial charge is 0.234 e. The highest BCUT2D eigenvalue weighted by molar-refractivity contribution is 5.79. The van der Waals surface area contributed by atoms with Gasteiger partial charge in [0, 0.05) is 12.6 Å². The second kappa shape index (κ2) is 5.09. The minimum atomic E-state index is -0.366. The van der Waals surface area contributed by atoms with Crippen LogP contribution >= 0.6 is 0 Å². The standard InChI is InChI=1S/C7H16N2O2/c1-5(3-4-10)9-6(2)7(8)11/h5-6,9-10H,3-4H2,1-2H3,(H2,8,11). The van der Waals surface area contributed by atoms with E-state index >= 15 is 0 Å². The molecule has 4 heteroatoms. The lowest BCUT2D eigenvalue weighted by molar-refractivity contribution is -0.119. The van der Waals surface area contributed by atoms with Crippen LogP contribution in [0.3, 0.4) is 0 Å². The summed E-state index contributed by atoms with van der Waals surface area (Å²) in [5, 5.41) is 11.5. The van der Waals surface area contributed by atoms with E-state index in [0.717, 1.165) is 0 Å². The number of hydrogen-bond donors (Lipinski definition) is 3. The number of primary amides is 1. The fourth-order valence-corrected chi connectivity index (χ4v) is 0.786. The van der Waals surface area contributed by atoms with Crippen molar-refractivity contribution >= 4 is 5.91 Å². The lowest BCUT2D eigenvalue weighted by Gasteiger charge is -2.16. The third-order valence-electron chi connectivity index (χ3n) is 1.52. The minimum absolute atomic E-state index is 0.125. The molecule has 0 aliphatic rings. The zero-order valence-corrected chi connectivity index (χ0v) is 7.00. The Kier molecular flexibility index (Phi) is 4.81. The maximum Gasteiger partial charge on any atom is 0.234 e. The number of rotatable bonds is 5. The molecule has 0 spiro atoms. The Labute approximate surface area is 66.8 Å². The summed E-state index contributed by atoms with van der Waals surface area (Å²) in [5.41, 5.74) is 5.02. The molecule has 0 aliphatic carbocycles. The first kappa shape index (κ1) is 10.4. The first-order valence-electron chi connectivity index (χ1n) is 3.74. The molecule has 0 aromatic heterocycles. The van der Waals surface area contributed by atoms with Crippen LogP contribution in [0.2, 0.25) is 0 Å². The SMILES string of the molecule is CC(CCO)NC(C)C(N)=O. The molecule has 1 amide bonds. The molecule has 66 valence electrons. The van der Waals surface area contributed by atoms with E-state index in [1.54, 1.807) is 6.92 Å². The monoisotopic (exact) mass is 160 g/mol. The highest BCUT2D eigenvalue weighted by atomic mass is 16.3.